The molecule has 8 heteroatoms. The second kappa shape index (κ2) is 4.91. The van der Waals surface area contributed by atoms with Gasteiger partial charge >= 0.3 is 12.1 Å². The Hall–Kier alpha value is -0.670. The van der Waals surface area contributed by atoms with Gasteiger partial charge in [-0.1, -0.05) is 6.07 Å². The fourth-order valence-electron chi connectivity index (χ4n) is 0.865. The highest BCUT2D eigenvalue weighted by molar-refractivity contribution is 14.1. The molecule has 0 radical (unpaired) electrons. The van der Waals surface area contributed by atoms with E-state index in [4.69, 9.17) is 0 Å². The Bertz CT molecular complexity index is 383. The van der Waals surface area contributed by atoms with E-state index in [1.807, 2.05) is 0 Å². The summed E-state index contributed by atoms with van der Waals surface area (Å²) < 4.78 is 77.8. The first-order valence-corrected chi connectivity index (χ1v) is 5.24. The molecule has 0 aromatic heterocycles. The molecule has 96 valence electrons. The normalized spacial score (nSPS) is 12.6. The topological polar surface area (TPSA) is 9.23 Å². The smallest absolute Gasteiger partial charge is 0.456 e. The Kier molecular flexibility index (Phi) is 4.15. The van der Waals surface area contributed by atoms with Crippen molar-refractivity contribution in [2.75, 3.05) is 6.61 Å². The van der Waals surface area contributed by atoms with Gasteiger partial charge < -0.3 is 4.74 Å². The van der Waals surface area contributed by atoms with Crippen molar-refractivity contribution in [1.82, 2.24) is 0 Å². The van der Waals surface area contributed by atoms with E-state index in [0.29, 0.717) is 0 Å². The van der Waals surface area contributed by atoms with E-state index in [1.165, 1.54) is 12.1 Å². The molecule has 1 rings (SSSR count). The summed E-state index contributed by atoms with van der Waals surface area (Å²) in [5, 5.41) is 0. The lowest BCUT2D eigenvalue weighted by molar-refractivity contribution is -0.290. The van der Waals surface area contributed by atoms with Crippen LogP contribution in [-0.2, 0) is 0 Å². The van der Waals surface area contributed by atoms with Gasteiger partial charge in [0, 0.05) is 0 Å². The molecule has 1 nitrogen and oxygen atoms in total. The first kappa shape index (κ1) is 14.4. The quantitative estimate of drug-likeness (QED) is 0.577. The fraction of sp³-hybridized carbons (Fsp3) is 0.333. The van der Waals surface area contributed by atoms with Gasteiger partial charge in [-0.3, -0.25) is 0 Å². The predicted octanol–water partition coefficient (Wildman–Crippen LogP) is 4.01. The zero-order valence-corrected chi connectivity index (χ0v) is 10.2. The third-order valence-electron chi connectivity index (χ3n) is 1.73. The van der Waals surface area contributed by atoms with Gasteiger partial charge in [0.25, 0.3) is 0 Å². The average molecular weight is 370 g/mol. The molecule has 0 aliphatic heterocycles. The highest BCUT2D eigenvalue weighted by atomic mass is 127. The van der Waals surface area contributed by atoms with Crippen LogP contribution in [0, 0.1) is 9.39 Å². The second-order valence-corrected chi connectivity index (χ2v) is 4.20. The molecule has 0 saturated carbocycles. The highest BCUT2D eigenvalue weighted by Gasteiger charge is 2.58. The number of hydrogen-bond acceptors (Lipinski definition) is 1. The number of benzene rings is 1. The first-order chi connectivity index (χ1) is 7.65. The Balaban J connectivity index is 2.81. The number of para-hydroxylation sites is 1. The van der Waals surface area contributed by atoms with Crippen LogP contribution in [0.3, 0.4) is 0 Å². The van der Waals surface area contributed by atoms with Gasteiger partial charge in [0.1, 0.15) is 0 Å². The molecule has 0 bridgehead atoms. The van der Waals surface area contributed by atoms with Crippen molar-refractivity contribution in [3.8, 4) is 5.75 Å². The third-order valence-corrected chi connectivity index (χ3v) is 2.58. The van der Waals surface area contributed by atoms with Crippen LogP contribution in [0.15, 0.2) is 18.2 Å². The summed E-state index contributed by atoms with van der Waals surface area (Å²) in [6, 6.07) is 3.51. The molecular formula is C9H5F6IO. The van der Waals surface area contributed by atoms with Crippen molar-refractivity contribution in [3.05, 3.63) is 27.6 Å². The molecule has 0 amide bonds. The predicted molar refractivity (Wildman–Crippen MR) is 55.6 cm³/mol. The Labute approximate surface area is 106 Å². The lowest BCUT2D eigenvalue weighted by Gasteiger charge is -2.20. The molecule has 0 saturated heterocycles. The van der Waals surface area contributed by atoms with Crippen LogP contribution < -0.4 is 4.74 Å². The van der Waals surface area contributed by atoms with E-state index in [1.54, 1.807) is 22.6 Å². The van der Waals surface area contributed by atoms with Crippen molar-refractivity contribution < 1.29 is 31.1 Å². The standard InChI is InChI=1S/C9H5F6IO/c10-5-2-1-3-6(16)7(5)17-4-8(11,12)9(13,14)15/h1-3H,4H2. The average Bonchev–Trinajstić information content (AvgIpc) is 2.15. The molecule has 1 aromatic rings. The van der Waals surface area contributed by atoms with Gasteiger partial charge in [-0.2, -0.15) is 22.0 Å². The molecular weight excluding hydrogens is 365 g/mol. The molecule has 0 atom stereocenters. The molecule has 0 heterocycles. The van der Waals surface area contributed by atoms with Crippen LogP contribution in [0.5, 0.6) is 5.75 Å². The maximum Gasteiger partial charge on any atom is 0.456 e. The van der Waals surface area contributed by atoms with Gasteiger partial charge in [-0.15, -0.1) is 0 Å². The highest BCUT2D eigenvalue weighted by Crippen LogP contribution is 2.36. The first-order valence-electron chi connectivity index (χ1n) is 4.16. The van der Waals surface area contributed by atoms with E-state index in [9.17, 15) is 26.3 Å². The lowest BCUT2D eigenvalue weighted by atomic mass is 10.3. The molecule has 0 aliphatic rings. The minimum atomic E-state index is -5.72. The number of alkyl halides is 5. The molecule has 1 aromatic carbocycles. The second-order valence-electron chi connectivity index (χ2n) is 3.04. The van der Waals surface area contributed by atoms with E-state index in [-0.39, 0.29) is 3.57 Å². The largest absolute Gasteiger partial charge is 0.483 e. The van der Waals surface area contributed by atoms with Gasteiger partial charge in [-0.05, 0) is 34.7 Å². The van der Waals surface area contributed by atoms with Crippen LogP contribution >= 0.6 is 22.6 Å². The fourth-order valence-corrected chi connectivity index (χ4v) is 1.49. The molecule has 0 spiro atoms. The van der Waals surface area contributed by atoms with Crippen LogP contribution in [-0.4, -0.2) is 18.7 Å². The monoisotopic (exact) mass is 370 g/mol. The molecule has 0 aliphatic carbocycles. The number of ether oxygens (including phenoxy) is 1. The Morgan fingerprint density at radius 3 is 2.18 bits per heavy atom. The lowest BCUT2D eigenvalue weighted by Crippen LogP contribution is -2.41. The van der Waals surface area contributed by atoms with Crippen molar-refractivity contribution in [1.29, 1.82) is 0 Å². The zero-order chi connectivity index (χ0) is 13.3. The Morgan fingerprint density at radius 2 is 1.71 bits per heavy atom. The van der Waals surface area contributed by atoms with Crippen LogP contribution in [0.2, 0.25) is 0 Å². The van der Waals surface area contributed by atoms with Crippen molar-refractivity contribution in [2.24, 2.45) is 0 Å². The van der Waals surface area contributed by atoms with E-state index < -0.39 is 30.3 Å². The van der Waals surface area contributed by atoms with Crippen LogP contribution in [0.1, 0.15) is 0 Å². The minimum absolute atomic E-state index is 0.112. The van der Waals surface area contributed by atoms with Crippen LogP contribution in [0.25, 0.3) is 0 Å². The maximum absolute atomic E-state index is 13.1. The summed E-state index contributed by atoms with van der Waals surface area (Å²) in [6.45, 7) is -1.95. The summed E-state index contributed by atoms with van der Waals surface area (Å²) in [7, 11) is 0. The van der Waals surface area contributed by atoms with Crippen molar-refractivity contribution >= 4 is 22.6 Å². The minimum Gasteiger partial charge on any atom is -0.483 e. The summed E-state index contributed by atoms with van der Waals surface area (Å²) in [5.74, 6) is -6.62. The molecule has 0 unspecified atom stereocenters. The maximum atomic E-state index is 13.1. The third kappa shape index (κ3) is 3.39. The van der Waals surface area contributed by atoms with Gasteiger partial charge in [0.05, 0.1) is 3.57 Å². The van der Waals surface area contributed by atoms with Gasteiger partial charge in [0.15, 0.2) is 18.2 Å². The van der Waals surface area contributed by atoms with Crippen LogP contribution in [0.4, 0.5) is 26.3 Å². The van der Waals surface area contributed by atoms with E-state index in [2.05, 4.69) is 4.74 Å². The summed E-state index contributed by atoms with van der Waals surface area (Å²) in [4.78, 5) is 0. The SMILES string of the molecule is Fc1cccc(I)c1OCC(F)(F)C(F)(F)F. The van der Waals surface area contributed by atoms with Crippen molar-refractivity contribution in [3.63, 3.8) is 0 Å². The number of rotatable bonds is 3. The molecule has 17 heavy (non-hydrogen) atoms. The Morgan fingerprint density at radius 1 is 1.12 bits per heavy atom. The number of hydrogen-bond donors (Lipinski definition) is 0. The van der Waals surface area contributed by atoms with Crippen molar-refractivity contribution in [2.45, 2.75) is 12.1 Å². The van der Waals surface area contributed by atoms with Gasteiger partial charge in [-0.25, -0.2) is 4.39 Å². The summed E-state index contributed by atoms with van der Waals surface area (Å²) >= 11 is 1.57. The summed E-state index contributed by atoms with van der Waals surface area (Å²) in [5.41, 5.74) is 0. The molecule has 0 N–H and O–H groups in total. The molecule has 0 fully saturated rings. The van der Waals surface area contributed by atoms with E-state index >= 15 is 0 Å². The van der Waals surface area contributed by atoms with E-state index in [0.717, 1.165) is 6.07 Å². The number of halogens is 7. The van der Waals surface area contributed by atoms with Gasteiger partial charge in [0.2, 0.25) is 0 Å². The summed E-state index contributed by atoms with van der Waals surface area (Å²) in [6.07, 6.45) is -5.72. The zero-order valence-electron chi connectivity index (χ0n) is 7.99.